The number of phenols is 2. The van der Waals surface area contributed by atoms with Crippen molar-refractivity contribution in [2.24, 2.45) is 0 Å². The van der Waals surface area contributed by atoms with E-state index in [0.717, 1.165) is 12.1 Å². The number of rotatable bonds is 0. The van der Waals surface area contributed by atoms with Crippen LogP contribution >= 0.6 is 0 Å². The first-order valence-corrected chi connectivity index (χ1v) is 5.92. The minimum absolute atomic E-state index is 0.0558. The fourth-order valence-corrected chi connectivity index (χ4v) is 1.48. The highest BCUT2D eigenvalue weighted by atomic mass is 19.4. The largest absolute Gasteiger partial charge is 0.508 e. The standard InChI is InChI=1S/C8H4F6O.C6H4F2O/c9-7(10,11)4-1-5(8(12,13)14)3-6(15)2-4;7-4-1-5(8)3-6(9)2-4/h1-3,15H;1-3,9H. The third-order valence-corrected chi connectivity index (χ3v) is 2.42. The lowest BCUT2D eigenvalue weighted by Crippen LogP contribution is -2.10. The third-order valence-electron chi connectivity index (χ3n) is 2.42. The summed E-state index contributed by atoms with van der Waals surface area (Å²) in [7, 11) is 0. The van der Waals surface area contributed by atoms with Crippen LogP contribution in [0.1, 0.15) is 11.1 Å². The number of aromatic hydroxyl groups is 2. The van der Waals surface area contributed by atoms with Crippen molar-refractivity contribution in [2.45, 2.75) is 12.4 Å². The molecule has 10 heteroatoms. The summed E-state index contributed by atoms with van der Waals surface area (Å²) in [6.45, 7) is 0. The number of benzene rings is 2. The van der Waals surface area contributed by atoms with Gasteiger partial charge in [-0.2, -0.15) is 26.3 Å². The second kappa shape index (κ2) is 6.93. The van der Waals surface area contributed by atoms with E-state index in [1.165, 1.54) is 0 Å². The number of hydrogen-bond acceptors (Lipinski definition) is 2. The highest BCUT2D eigenvalue weighted by Crippen LogP contribution is 2.37. The molecule has 132 valence electrons. The molecule has 0 amide bonds. The summed E-state index contributed by atoms with van der Waals surface area (Å²) in [6.07, 6.45) is -9.84. The normalized spacial score (nSPS) is 11.7. The van der Waals surface area contributed by atoms with Crippen LogP contribution in [0.2, 0.25) is 0 Å². The van der Waals surface area contributed by atoms with Crippen LogP contribution < -0.4 is 0 Å². The van der Waals surface area contributed by atoms with E-state index < -0.39 is 46.6 Å². The molecule has 0 atom stereocenters. The zero-order valence-electron chi connectivity index (χ0n) is 11.4. The fourth-order valence-electron chi connectivity index (χ4n) is 1.48. The van der Waals surface area contributed by atoms with Crippen LogP contribution in [0, 0.1) is 11.6 Å². The molecule has 2 nitrogen and oxygen atoms in total. The molecule has 2 aromatic carbocycles. The van der Waals surface area contributed by atoms with Gasteiger partial charge in [0, 0.05) is 18.2 Å². The summed E-state index contributed by atoms with van der Waals surface area (Å²) in [5.74, 6) is -3.01. The Morgan fingerprint density at radius 1 is 0.542 bits per heavy atom. The van der Waals surface area contributed by atoms with Gasteiger partial charge in [-0.05, 0) is 18.2 Å². The Kier molecular flexibility index (Phi) is 5.64. The van der Waals surface area contributed by atoms with Crippen LogP contribution in [0.15, 0.2) is 36.4 Å². The van der Waals surface area contributed by atoms with Gasteiger partial charge in [0.1, 0.15) is 23.1 Å². The van der Waals surface area contributed by atoms with Gasteiger partial charge in [0.15, 0.2) is 0 Å². The summed E-state index contributed by atoms with van der Waals surface area (Å²) in [5.41, 5.74) is -3.07. The van der Waals surface area contributed by atoms with Crippen LogP contribution in [0.25, 0.3) is 0 Å². The van der Waals surface area contributed by atoms with Gasteiger partial charge in [-0.1, -0.05) is 0 Å². The Morgan fingerprint density at radius 2 is 0.875 bits per heavy atom. The molecular formula is C14H8F8O2. The molecule has 2 N–H and O–H groups in total. The molecule has 24 heavy (non-hydrogen) atoms. The molecule has 0 saturated carbocycles. The maximum Gasteiger partial charge on any atom is 0.416 e. The molecular weight excluding hydrogens is 352 g/mol. The molecule has 0 aliphatic carbocycles. The van der Waals surface area contributed by atoms with Crippen molar-refractivity contribution in [3.63, 3.8) is 0 Å². The topological polar surface area (TPSA) is 40.5 Å². The van der Waals surface area contributed by atoms with E-state index in [1.807, 2.05) is 0 Å². The Bertz CT molecular complexity index is 624. The van der Waals surface area contributed by atoms with Crippen molar-refractivity contribution in [1.29, 1.82) is 0 Å². The molecule has 0 aromatic heterocycles. The SMILES string of the molecule is Oc1cc(C(F)(F)F)cc(C(F)(F)F)c1.Oc1cc(F)cc(F)c1. The predicted octanol–water partition coefficient (Wildman–Crippen LogP) is 5.10. The van der Waals surface area contributed by atoms with Crippen LogP contribution in [-0.4, -0.2) is 10.2 Å². The van der Waals surface area contributed by atoms with E-state index in [9.17, 15) is 35.1 Å². The quantitative estimate of drug-likeness (QED) is 0.642. The van der Waals surface area contributed by atoms with Crippen molar-refractivity contribution in [2.75, 3.05) is 0 Å². The molecule has 0 fully saturated rings. The van der Waals surface area contributed by atoms with Gasteiger partial charge >= 0.3 is 12.4 Å². The Morgan fingerprint density at radius 3 is 1.17 bits per heavy atom. The molecule has 0 unspecified atom stereocenters. The van der Waals surface area contributed by atoms with Crippen LogP contribution in [-0.2, 0) is 12.4 Å². The van der Waals surface area contributed by atoms with Gasteiger partial charge < -0.3 is 10.2 Å². The van der Waals surface area contributed by atoms with Crippen molar-refractivity contribution in [3.8, 4) is 11.5 Å². The molecule has 2 rings (SSSR count). The number of halogens is 8. The molecule has 0 radical (unpaired) electrons. The lowest BCUT2D eigenvalue weighted by Gasteiger charge is -2.11. The fraction of sp³-hybridized carbons (Fsp3) is 0.143. The lowest BCUT2D eigenvalue weighted by molar-refractivity contribution is -0.143. The second-order valence-corrected chi connectivity index (χ2v) is 4.39. The third kappa shape index (κ3) is 5.94. The Balaban J connectivity index is 0.000000272. The molecule has 0 saturated heterocycles. The molecule has 0 heterocycles. The number of alkyl halides is 6. The zero-order chi connectivity index (χ0) is 18.7. The minimum Gasteiger partial charge on any atom is -0.508 e. The minimum atomic E-state index is -4.92. The average molecular weight is 360 g/mol. The van der Waals surface area contributed by atoms with Gasteiger partial charge in [0.05, 0.1) is 11.1 Å². The monoisotopic (exact) mass is 360 g/mol. The Labute approximate surface area is 129 Å². The predicted molar refractivity (Wildman–Crippen MR) is 66.1 cm³/mol. The molecule has 2 aromatic rings. The van der Waals surface area contributed by atoms with Crippen LogP contribution in [0.3, 0.4) is 0 Å². The van der Waals surface area contributed by atoms with Crippen molar-refractivity contribution < 1.29 is 45.3 Å². The van der Waals surface area contributed by atoms with Gasteiger partial charge in [0.2, 0.25) is 0 Å². The molecule has 0 aliphatic rings. The summed E-state index contributed by atoms with van der Waals surface area (Å²) in [6, 6.07) is 2.77. The van der Waals surface area contributed by atoms with E-state index in [0.29, 0.717) is 6.07 Å². The lowest BCUT2D eigenvalue weighted by atomic mass is 10.1. The van der Waals surface area contributed by atoms with Crippen LogP contribution in [0.5, 0.6) is 11.5 Å². The smallest absolute Gasteiger partial charge is 0.416 e. The highest BCUT2D eigenvalue weighted by molar-refractivity contribution is 5.36. The van der Waals surface area contributed by atoms with Crippen LogP contribution in [0.4, 0.5) is 35.1 Å². The van der Waals surface area contributed by atoms with Crippen molar-refractivity contribution in [3.05, 3.63) is 59.2 Å². The average Bonchev–Trinajstić information content (AvgIpc) is 2.34. The molecule has 0 spiro atoms. The first kappa shape index (κ1) is 19.5. The van der Waals surface area contributed by atoms with Gasteiger partial charge in [-0.3, -0.25) is 0 Å². The Hall–Kier alpha value is -2.52. The maximum atomic E-state index is 12.1. The van der Waals surface area contributed by atoms with E-state index >= 15 is 0 Å². The maximum absolute atomic E-state index is 12.1. The second-order valence-electron chi connectivity index (χ2n) is 4.39. The number of hydrogen-bond donors (Lipinski definition) is 2. The van der Waals surface area contributed by atoms with Gasteiger partial charge in [0.25, 0.3) is 0 Å². The molecule has 0 aliphatic heterocycles. The summed E-state index contributed by atoms with van der Waals surface area (Å²) >= 11 is 0. The molecule has 0 bridgehead atoms. The highest BCUT2D eigenvalue weighted by Gasteiger charge is 2.36. The summed E-state index contributed by atoms with van der Waals surface area (Å²) < 4.78 is 96.4. The summed E-state index contributed by atoms with van der Waals surface area (Å²) in [4.78, 5) is 0. The number of phenolic OH excluding ortho intramolecular Hbond substituents is 2. The van der Waals surface area contributed by atoms with E-state index in [2.05, 4.69) is 0 Å². The summed E-state index contributed by atoms with van der Waals surface area (Å²) in [5, 5.41) is 17.2. The van der Waals surface area contributed by atoms with E-state index in [1.54, 1.807) is 0 Å². The first-order chi connectivity index (χ1) is 10.8. The van der Waals surface area contributed by atoms with Gasteiger partial charge in [-0.15, -0.1) is 0 Å². The van der Waals surface area contributed by atoms with E-state index in [4.69, 9.17) is 10.2 Å². The zero-order valence-corrected chi connectivity index (χ0v) is 11.4. The van der Waals surface area contributed by atoms with E-state index in [-0.39, 0.29) is 18.2 Å². The van der Waals surface area contributed by atoms with Crippen molar-refractivity contribution in [1.82, 2.24) is 0 Å². The first-order valence-electron chi connectivity index (χ1n) is 5.92. The van der Waals surface area contributed by atoms with Gasteiger partial charge in [-0.25, -0.2) is 8.78 Å². The van der Waals surface area contributed by atoms with Crippen molar-refractivity contribution >= 4 is 0 Å².